The van der Waals surface area contributed by atoms with E-state index in [1.54, 1.807) is 37.3 Å². The highest BCUT2D eigenvalue weighted by atomic mass is 19.1. The second kappa shape index (κ2) is 11.5. The molecule has 2 aromatic carbocycles. The molecule has 1 fully saturated rings. The van der Waals surface area contributed by atoms with E-state index in [-0.39, 0.29) is 12.2 Å². The Morgan fingerprint density at radius 1 is 1.22 bits per heavy atom. The molecule has 0 N–H and O–H groups in total. The van der Waals surface area contributed by atoms with Crippen molar-refractivity contribution in [2.24, 2.45) is 10.9 Å². The third kappa shape index (κ3) is 6.21. The van der Waals surface area contributed by atoms with Gasteiger partial charge >= 0.3 is 5.97 Å². The van der Waals surface area contributed by atoms with E-state index in [1.165, 1.54) is 25.5 Å². The summed E-state index contributed by atoms with van der Waals surface area (Å²) in [4.78, 5) is 32.1. The predicted molar refractivity (Wildman–Crippen MR) is 118 cm³/mol. The van der Waals surface area contributed by atoms with Gasteiger partial charge in [0.15, 0.2) is 11.7 Å². The molecule has 1 heterocycles. The zero-order valence-electron chi connectivity index (χ0n) is 18.3. The van der Waals surface area contributed by atoms with Crippen LogP contribution < -0.4 is 4.74 Å². The molecule has 0 bridgehead atoms. The third-order valence-electron chi connectivity index (χ3n) is 5.06. The lowest BCUT2D eigenvalue weighted by molar-refractivity contribution is -0.143. The van der Waals surface area contributed by atoms with Gasteiger partial charge in [-0.1, -0.05) is 12.1 Å². The molecule has 1 aliphatic heterocycles. The monoisotopic (exact) mass is 442 g/mol. The van der Waals surface area contributed by atoms with Gasteiger partial charge in [0, 0.05) is 31.9 Å². The number of hydrogen-bond donors (Lipinski definition) is 0. The number of morpholine rings is 1. The van der Waals surface area contributed by atoms with E-state index >= 15 is 0 Å². The molecule has 0 saturated carbocycles. The quantitative estimate of drug-likeness (QED) is 0.256. The number of ether oxygens (including phenoxy) is 3. The van der Waals surface area contributed by atoms with Crippen LogP contribution in [0.3, 0.4) is 0 Å². The molecule has 0 spiro atoms. The lowest BCUT2D eigenvalue weighted by Crippen LogP contribution is -2.35. The standard InChI is InChI=1S/C24H27FN2O5/c1-3-32-24(29)21(15-26-18-5-4-6-19(14-18)30-2)23(28)20-13-17(7-8-22(20)25)16-27-9-11-31-12-10-27/h4-8,13-15,21H,3,9-12,16H2,1-2H3. The summed E-state index contributed by atoms with van der Waals surface area (Å²) in [5, 5.41) is 0. The van der Waals surface area contributed by atoms with Crippen LogP contribution in [0, 0.1) is 11.7 Å². The molecule has 7 nitrogen and oxygen atoms in total. The Labute approximate surface area is 186 Å². The minimum absolute atomic E-state index is 0.0924. The molecule has 170 valence electrons. The number of methoxy groups -OCH3 is 1. The molecule has 1 aliphatic rings. The minimum Gasteiger partial charge on any atom is -0.497 e. The third-order valence-corrected chi connectivity index (χ3v) is 5.06. The van der Waals surface area contributed by atoms with Crippen LogP contribution in [0.1, 0.15) is 22.8 Å². The van der Waals surface area contributed by atoms with E-state index in [1.807, 2.05) is 0 Å². The van der Waals surface area contributed by atoms with E-state index in [0.29, 0.717) is 31.2 Å². The topological polar surface area (TPSA) is 77.4 Å². The summed E-state index contributed by atoms with van der Waals surface area (Å²) in [6.45, 7) is 5.10. The van der Waals surface area contributed by atoms with Crippen LogP contribution in [0.2, 0.25) is 0 Å². The number of benzene rings is 2. The normalized spacial score (nSPS) is 15.5. The predicted octanol–water partition coefficient (Wildman–Crippen LogP) is 3.43. The molecular weight excluding hydrogens is 415 g/mol. The molecular formula is C24H27FN2O5. The molecule has 1 saturated heterocycles. The number of carbonyl (C=O) groups excluding carboxylic acids is 2. The number of nitrogens with zero attached hydrogens (tertiary/aromatic N) is 2. The molecule has 1 atom stereocenters. The van der Waals surface area contributed by atoms with E-state index in [0.717, 1.165) is 18.7 Å². The molecule has 0 amide bonds. The van der Waals surface area contributed by atoms with E-state index < -0.39 is 23.5 Å². The first kappa shape index (κ1) is 23.6. The van der Waals surface area contributed by atoms with E-state index in [2.05, 4.69) is 9.89 Å². The smallest absolute Gasteiger partial charge is 0.322 e. The fraction of sp³-hybridized carbons (Fsp3) is 0.375. The fourth-order valence-corrected chi connectivity index (χ4v) is 3.36. The van der Waals surface area contributed by atoms with Crippen molar-refractivity contribution < 1.29 is 28.2 Å². The largest absolute Gasteiger partial charge is 0.497 e. The first-order chi connectivity index (χ1) is 15.5. The Kier molecular flexibility index (Phi) is 8.47. The van der Waals surface area contributed by atoms with Gasteiger partial charge in [0.2, 0.25) is 0 Å². The Balaban J connectivity index is 1.85. The molecule has 3 rings (SSSR count). The van der Waals surface area contributed by atoms with Crippen LogP contribution in [0.4, 0.5) is 10.1 Å². The van der Waals surface area contributed by atoms with Gasteiger partial charge < -0.3 is 14.2 Å². The van der Waals surface area contributed by atoms with Crippen molar-refractivity contribution >= 4 is 23.7 Å². The number of Topliss-reactive ketones (excluding diaryl/α,β-unsaturated/α-hetero) is 1. The van der Waals surface area contributed by atoms with Crippen LogP contribution in [0.25, 0.3) is 0 Å². The van der Waals surface area contributed by atoms with Crippen molar-refractivity contribution in [1.82, 2.24) is 4.90 Å². The first-order valence-electron chi connectivity index (χ1n) is 10.5. The summed E-state index contributed by atoms with van der Waals surface area (Å²) in [6.07, 6.45) is 1.20. The second-order valence-corrected chi connectivity index (χ2v) is 7.28. The van der Waals surface area contributed by atoms with Crippen LogP contribution >= 0.6 is 0 Å². The lowest BCUT2D eigenvalue weighted by Gasteiger charge is -2.26. The number of carbonyl (C=O) groups is 2. The number of halogens is 1. The van der Waals surface area contributed by atoms with Crippen molar-refractivity contribution in [3.63, 3.8) is 0 Å². The van der Waals surface area contributed by atoms with Gasteiger partial charge in [0.1, 0.15) is 11.6 Å². The molecule has 0 radical (unpaired) electrons. The van der Waals surface area contributed by atoms with E-state index in [9.17, 15) is 14.0 Å². The van der Waals surface area contributed by atoms with Crippen molar-refractivity contribution in [2.75, 3.05) is 40.0 Å². The molecule has 8 heteroatoms. The number of hydrogen-bond acceptors (Lipinski definition) is 7. The summed E-state index contributed by atoms with van der Waals surface area (Å²) < 4.78 is 30.2. The lowest BCUT2D eigenvalue weighted by atomic mass is 9.96. The van der Waals surface area contributed by atoms with Crippen molar-refractivity contribution in [3.8, 4) is 5.75 Å². The van der Waals surface area contributed by atoms with Crippen LogP contribution in [0.15, 0.2) is 47.5 Å². The van der Waals surface area contributed by atoms with Gasteiger partial charge in [0.05, 0.1) is 38.2 Å². The second-order valence-electron chi connectivity index (χ2n) is 7.28. The fourth-order valence-electron chi connectivity index (χ4n) is 3.36. The van der Waals surface area contributed by atoms with Crippen LogP contribution in [0.5, 0.6) is 5.75 Å². The highest BCUT2D eigenvalue weighted by molar-refractivity contribution is 6.18. The summed E-state index contributed by atoms with van der Waals surface area (Å²) in [5.74, 6) is -2.95. The van der Waals surface area contributed by atoms with Crippen molar-refractivity contribution in [2.45, 2.75) is 13.5 Å². The summed E-state index contributed by atoms with van der Waals surface area (Å²) in [6, 6.07) is 11.3. The number of aliphatic imine (C=N–C) groups is 1. The van der Waals surface area contributed by atoms with Crippen molar-refractivity contribution in [1.29, 1.82) is 0 Å². The maximum Gasteiger partial charge on any atom is 0.322 e. The van der Waals surface area contributed by atoms with Gasteiger partial charge in [0.25, 0.3) is 0 Å². The zero-order chi connectivity index (χ0) is 22.9. The van der Waals surface area contributed by atoms with Gasteiger partial charge in [-0.25, -0.2) is 4.39 Å². The highest BCUT2D eigenvalue weighted by Gasteiger charge is 2.29. The molecule has 2 aromatic rings. The maximum absolute atomic E-state index is 14.6. The van der Waals surface area contributed by atoms with Gasteiger partial charge in [-0.05, 0) is 36.8 Å². The Bertz CT molecular complexity index is 973. The molecule has 32 heavy (non-hydrogen) atoms. The van der Waals surface area contributed by atoms with Gasteiger partial charge in [-0.2, -0.15) is 0 Å². The van der Waals surface area contributed by atoms with Crippen molar-refractivity contribution in [3.05, 3.63) is 59.4 Å². The Morgan fingerprint density at radius 3 is 2.72 bits per heavy atom. The van der Waals surface area contributed by atoms with Crippen LogP contribution in [-0.2, 0) is 20.8 Å². The summed E-state index contributed by atoms with van der Waals surface area (Å²) >= 11 is 0. The molecule has 1 unspecified atom stereocenters. The number of esters is 1. The Hall–Kier alpha value is -3.10. The van der Waals surface area contributed by atoms with Gasteiger partial charge in [-0.3, -0.25) is 19.5 Å². The summed E-state index contributed by atoms with van der Waals surface area (Å²) in [7, 11) is 1.53. The zero-order valence-corrected chi connectivity index (χ0v) is 18.3. The van der Waals surface area contributed by atoms with E-state index in [4.69, 9.17) is 14.2 Å². The maximum atomic E-state index is 14.6. The summed E-state index contributed by atoms with van der Waals surface area (Å²) in [5.41, 5.74) is 1.11. The first-order valence-corrected chi connectivity index (χ1v) is 10.5. The Morgan fingerprint density at radius 2 is 2.00 bits per heavy atom. The number of rotatable bonds is 9. The van der Waals surface area contributed by atoms with Crippen LogP contribution in [-0.4, -0.2) is 62.9 Å². The minimum atomic E-state index is -1.37. The SMILES string of the molecule is CCOC(=O)C(C=Nc1cccc(OC)c1)C(=O)c1cc(CN2CCOCC2)ccc1F. The highest BCUT2D eigenvalue weighted by Crippen LogP contribution is 2.21. The average Bonchev–Trinajstić information content (AvgIpc) is 2.81. The molecule has 0 aliphatic carbocycles. The number of ketones is 1. The molecule has 0 aromatic heterocycles. The van der Waals surface area contributed by atoms with Gasteiger partial charge in [-0.15, -0.1) is 0 Å². The average molecular weight is 442 g/mol.